The number of hydrogen-bond donors (Lipinski definition) is 0. The highest BCUT2D eigenvalue weighted by Crippen LogP contribution is 2.37. The fourth-order valence-electron chi connectivity index (χ4n) is 2.20. The van der Waals surface area contributed by atoms with Crippen LogP contribution in [0.15, 0.2) is 12.3 Å². The number of aromatic nitrogens is 1. The van der Waals surface area contributed by atoms with E-state index in [9.17, 15) is 0 Å². The summed E-state index contributed by atoms with van der Waals surface area (Å²) in [5.74, 6) is 0.927. The molecule has 1 fully saturated rings. The van der Waals surface area contributed by atoms with Crippen LogP contribution in [0.25, 0.3) is 0 Å². The minimum Gasteiger partial charge on any atom is -0.399 e. The fraction of sp³-hybridized carbons (Fsp3) is 0.667. The summed E-state index contributed by atoms with van der Waals surface area (Å²) in [6.45, 7) is 13.3. The molecule has 0 aliphatic carbocycles. The van der Waals surface area contributed by atoms with Crippen LogP contribution in [0.2, 0.25) is 0 Å². The molecule has 1 aromatic rings. The first-order valence-electron chi connectivity index (χ1n) is 7.21. The Kier molecular flexibility index (Phi) is 3.86. The molecule has 0 atom stereocenters. The van der Waals surface area contributed by atoms with Gasteiger partial charge in [-0.2, -0.15) is 0 Å². The second kappa shape index (κ2) is 5.04. The zero-order chi connectivity index (χ0) is 15.1. The molecule has 0 bridgehead atoms. The molecule has 0 N–H and O–H groups in total. The molecule has 2 heterocycles. The van der Waals surface area contributed by atoms with Gasteiger partial charge in [0.05, 0.1) is 11.2 Å². The molecule has 1 aromatic heterocycles. The lowest BCUT2D eigenvalue weighted by molar-refractivity contribution is 0.00578. The van der Waals surface area contributed by atoms with Gasteiger partial charge in [0, 0.05) is 25.3 Å². The van der Waals surface area contributed by atoms with E-state index in [0.717, 1.165) is 23.4 Å². The van der Waals surface area contributed by atoms with Crippen LogP contribution in [0.5, 0.6) is 0 Å². The normalized spacial score (nSPS) is 20.2. The predicted molar refractivity (Wildman–Crippen MR) is 83.6 cm³/mol. The minimum atomic E-state index is -0.364. The molecule has 110 valence electrons. The van der Waals surface area contributed by atoms with Crippen molar-refractivity contribution in [2.45, 2.75) is 52.7 Å². The smallest absolute Gasteiger partial charge is 0.399 e. The topological polar surface area (TPSA) is 34.6 Å². The molecule has 0 saturated carbocycles. The van der Waals surface area contributed by atoms with Gasteiger partial charge in [-0.25, -0.2) is 4.98 Å². The van der Waals surface area contributed by atoms with Crippen molar-refractivity contribution in [3.63, 3.8) is 0 Å². The Morgan fingerprint density at radius 3 is 2.25 bits per heavy atom. The van der Waals surface area contributed by atoms with Gasteiger partial charge in [-0.3, -0.25) is 0 Å². The van der Waals surface area contributed by atoms with E-state index < -0.39 is 0 Å². The zero-order valence-electron chi connectivity index (χ0n) is 13.7. The van der Waals surface area contributed by atoms with Gasteiger partial charge in [-0.1, -0.05) is 6.07 Å². The van der Waals surface area contributed by atoms with Crippen molar-refractivity contribution in [2.24, 2.45) is 0 Å². The highest BCUT2D eigenvalue weighted by Gasteiger charge is 2.52. The van der Waals surface area contributed by atoms with Crippen LogP contribution in [-0.2, 0) is 9.31 Å². The Bertz CT molecular complexity index is 487. The maximum absolute atomic E-state index is 6.15. The molecule has 20 heavy (non-hydrogen) atoms. The molecular weight excluding hydrogens is 251 g/mol. The Balaban J connectivity index is 2.41. The van der Waals surface area contributed by atoms with Crippen molar-refractivity contribution in [1.82, 2.24) is 4.98 Å². The zero-order valence-corrected chi connectivity index (χ0v) is 13.7. The van der Waals surface area contributed by atoms with Gasteiger partial charge < -0.3 is 14.2 Å². The molecule has 2 rings (SSSR count). The number of hydrogen-bond acceptors (Lipinski definition) is 4. The summed E-state index contributed by atoms with van der Waals surface area (Å²) >= 11 is 0. The summed E-state index contributed by atoms with van der Waals surface area (Å²) in [5.41, 5.74) is 1.46. The number of anilines is 1. The van der Waals surface area contributed by atoms with E-state index in [-0.39, 0.29) is 18.3 Å². The molecule has 1 aliphatic rings. The van der Waals surface area contributed by atoms with Crippen LogP contribution in [0.4, 0.5) is 5.82 Å². The van der Waals surface area contributed by atoms with Crippen molar-refractivity contribution >= 4 is 18.4 Å². The number of rotatable bonds is 3. The van der Waals surface area contributed by atoms with Gasteiger partial charge >= 0.3 is 7.12 Å². The Hall–Kier alpha value is -1.07. The molecule has 5 heteroatoms. The summed E-state index contributed by atoms with van der Waals surface area (Å²) in [4.78, 5) is 6.67. The van der Waals surface area contributed by atoms with Crippen molar-refractivity contribution in [3.05, 3.63) is 17.8 Å². The first kappa shape index (κ1) is 15.3. The van der Waals surface area contributed by atoms with E-state index in [4.69, 9.17) is 9.31 Å². The third kappa shape index (κ3) is 2.57. The van der Waals surface area contributed by atoms with Crippen molar-refractivity contribution < 1.29 is 9.31 Å². The minimum absolute atomic E-state index is 0.330. The number of pyridine rings is 1. The largest absolute Gasteiger partial charge is 0.498 e. The molecule has 0 spiro atoms. The van der Waals surface area contributed by atoms with Crippen molar-refractivity contribution in [2.75, 3.05) is 18.5 Å². The van der Waals surface area contributed by atoms with Crippen LogP contribution >= 0.6 is 0 Å². The van der Waals surface area contributed by atoms with E-state index in [1.807, 2.05) is 20.2 Å². The molecule has 4 nitrogen and oxygen atoms in total. The first-order valence-corrected chi connectivity index (χ1v) is 7.21. The summed E-state index contributed by atoms with van der Waals surface area (Å²) in [5, 5.41) is 0. The lowest BCUT2D eigenvalue weighted by atomic mass is 9.78. The van der Waals surface area contributed by atoms with Gasteiger partial charge in [0.25, 0.3) is 0 Å². The lowest BCUT2D eigenvalue weighted by Crippen LogP contribution is -2.41. The monoisotopic (exact) mass is 276 g/mol. The fourth-order valence-corrected chi connectivity index (χ4v) is 2.20. The molecule has 0 amide bonds. The van der Waals surface area contributed by atoms with Crippen molar-refractivity contribution in [1.29, 1.82) is 0 Å². The van der Waals surface area contributed by atoms with E-state index in [1.165, 1.54) is 0 Å². The quantitative estimate of drug-likeness (QED) is 0.792. The average Bonchev–Trinajstić information content (AvgIpc) is 2.57. The van der Waals surface area contributed by atoms with Crippen LogP contribution in [0.3, 0.4) is 0 Å². The van der Waals surface area contributed by atoms with Gasteiger partial charge in [-0.15, -0.1) is 0 Å². The van der Waals surface area contributed by atoms with Crippen LogP contribution in [-0.4, -0.2) is 36.9 Å². The predicted octanol–water partition coefficient (Wildman–Crippen LogP) is 2.15. The molecule has 0 unspecified atom stereocenters. The summed E-state index contributed by atoms with van der Waals surface area (Å²) in [7, 11) is 1.67. The Morgan fingerprint density at radius 2 is 1.75 bits per heavy atom. The molecule has 1 saturated heterocycles. The number of nitrogens with zero attached hydrogens (tertiary/aromatic N) is 2. The summed E-state index contributed by atoms with van der Waals surface area (Å²) in [6.07, 6.45) is 1.89. The average molecular weight is 276 g/mol. The third-order valence-corrected chi connectivity index (χ3v) is 4.37. The summed E-state index contributed by atoms with van der Waals surface area (Å²) < 4.78 is 12.3. The molecule has 0 radical (unpaired) electrons. The number of aryl methyl sites for hydroxylation is 1. The van der Waals surface area contributed by atoms with E-state index in [2.05, 4.69) is 50.6 Å². The van der Waals surface area contributed by atoms with Crippen LogP contribution in [0, 0.1) is 6.92 Å². The lowest BCUT2D eigenvalue weighted by Gasteiger charge is -2.32. The second-order valence-electron chi connectivity index (χ2n) is 6.53. The van der Waals surface area contributed by atoms with E-state index in [1.54, 1.807) is 0 Å². The Morgan fingerprint density at radius 1 is 1.20 bits per heavy atom. The molecule has 0 aromatic carbocycles. The maximum Gasteiger partial charge on any atom is 0.498 e. The second-order valence-corrected chi connectivity index (χ2v) is 6.53. The standard InChI is InChI=1S/C15H25BN2O2/c1-8-18(7)13-12(9-11(2)10-17-13)16-19-14(3,4)15(5,6)20-16/h9-10H,8H2,1-7H3. The molecular formula is C15H25BN2O2. The van der Waals surface area contributed by atoms with Crippen LogP contribution in [0.1, 0.15) is 40.2 Å². The Labute approximate surface area is 122 Å². The highest BCUT2D eigenvalue weighted by molar-refractivity contribution is 6.63. The van der Waals surface area contributed by atoms with E-state index in [0.29, 0.717) is 0 Å². The van der Waals surface area contributed by atoms with Crippen molar-refractivity contribution in [3.8, 4) is 0 Å². The van der Waals surface area contributed by atoms with Gasteiger partial charge in [0.1, 0.15) is 5.82 Å². The maximum atomic E-state index is 6.15. The van der Waals surface area contributed by atoms with Crippen LogP contribution < -0.4 is 10.4 Å². The van der Waals surface area contributed by atoms with E-state index >= 15 is 0 Å². The third-order valence-electron chi connectivity index (χ3n) is 4.37. The first-order chi connectivity index (χ1) is 9.18. The van der Waals surface area contributed by atoms with Gasteiger partial charge in [0.2, 0.25) is 0 Å². The molecule has 1 aliphatic heterocycles. The SMILES string of the molecule is CCN(C)c1ncc(C)cc1B1OC(C)(C)C(C)(C)O1. The van der Waals surface area contributed by atoms with Gasteiger partial charge in [0.15, 0.2) is 0 Å². The highest BCUT2D eigenvalue weighted by atomic mass is 16.7. The summed E-state index contributed by atoms with van der Waals surface area (Å²) in [6, 6.07) is 2.11. The van der Waals surface area contributed by atoms with Gasteiger partial charge in [-0.05, 0) is 47.1 Å².